The number of aromatic nitrogens is 2. The molecule has 1 unspecified atom stereocenters. The largest absolute Gasteiger partial charge is 0.481 e. The standard InChI is InChI=1S/C25H23N3O2/c1-3-28(20-9-5-4-6-10-20)25(29)18(2)30-21-15-13-19(14-16-21)24-17-26-22-11-7-8-12-23(22)27-24/h4-18H,3H2,1-2H3. The van der Waals surface area contributed by atoms with Crippen molar-refractivity contribution in [3.05, 3.63) is 85.1 Å². The Labute approximate surface area is 176 Å². The van der Waals surface area contributed by atoms with Gasteiger partial charge in [0.1, 0.15) is 5.75 Å². The SMILES string of the molecule is CCN(C(=O)C(C)Oc1ccc(-c2cnc3ccccc3n2)cc1)c1ccccc1. The van der Waals surface area contributed by atoms with Crippen LogP contribution >= 0.6 is 0 Å². The molecule has 0 N–H and O–H groups in total. The third-order valence-corrected chi connectivity index (χ3v) is 4.91. The van der Waals surface area contributed by atoms with Crippen molar-refractivity contribution in [2.45, 2.75) is 20.0 Å². The minimum absolute atomic E-state index is 0.0758. The quantitative estimate of drug-likeness (QED) is 0.453. The first-order valence-electron chi connectivity index (χ1n) is 10.0. The number of hydrogen-bond acceptors (Lipinski definition) is 4. The molecule has 0 aliphatic rings. The van der Waals surface area contributed by atoms with Gasteiger partial charge in [0.2, 0.25) is 0 Å². The molecule has 30 heavy (non-hydrogen) atoms. The Hall–Kier alpha value is -3.73. The molecular formula is C25H23N3O2. The lowest BCUT2D eigenvalue weighted by atomic mass is 10.1. The lowest BCUT2D eigenvalue weighted by molar-refractivity contribution is -0.124. The highest BCUT2D eigenvalue weighted by atomic mass is 16.5. The average molecular weight is 397 g/mol. The highest BCUT2D eigenvalue weighted by Gasteiger charge is 2.22. The molecule has 0 fully saturated rings. The number of nitrogens with zero attached hydrogens (tertiary/aromatic N) is 3. The van der Waals surface area contributed by atoms with Gasteiger partial charge in [0.15, 0.2) is 6.10 Å². The predicted molar refractivity (Wildman–Crippen MR) is 120 cm³/mol. The summed E-state index contributed by atoms with van der Waals surface area (Å²) in [5.74, 6) is 0.561. The summed E-state index contributed by atoms with van der Waals surface area (Å²) in [4.78, 5) is 23.7. The lowest BCUT2D eigenvalue weighted by Crippen LogP contribution is -2.40. The summed E-state index contributed by atoms with van der Waals surface area (Å²) in [5, 5.41) is 0. The van der Waals surface area contributed by atoms with E-state index in [0.29, 0.717) is 12.3 Å². The number of hydrogen-bond donors (Lipinski definition) is 0. The van der Waals surface area contributed by atoms with Crippen LogP contribution in [0.25, 0.3) is 22.3 Å². The zero-order valence-electron chi connectivity index (χ0n) is 17.0. The number of benzene rings is 3. The van der Waals surface area contributed by atoms with Gasteiger partial charge in [0, 0.05) is 17.8 Å². The molecule has 150 valence electrons. The van der Waals surface area contributed by atoms with Gasteiger partial charge >= 0.3 is 0 Å². The summed E-state index contributed by atoms with van der Waals surface area (Å²) in [6.45, 7) is 4.31. The van der Waals surface area contributed by atoms with Crippen molar-refractivity contribution in [2.75, 3.05) is 11.4 Å². The van der Waals surface area contributed by atoms with Crippen molar-refractivity contribution in [1.82, 2.24) is 9.97 Å². The van der Waals surface area contributed by atoms with Crippen molar-refractivity contribution < 1.29 is 9.53 Å². The molecule has 0 spiro atoms. The highest BCUT2D eigenvalue weighted by molar-refractivity contribution is 5.96. The molecule has 1 atom stereocenters. The van der Waals surface area contributed by atoms with E-state index in [0.717, 1.165) is 28.0 Å². The maximum Gasteiger partial charge on any atom is 0.267 e. The third kappa shape index (κ3) is 4.15. The van der Waals surface area contributed by atoms with Crippen molar-refractivity contribution in [2.24, 2.45) is 0 Å². The third-order valence-electron chi connectivity index (χ3n) is 4.91. The van der Waals surface area contributed by atoms with Gasteiger partial charge in [-0.3, -0.25) is 9.78 Å². The fourth-order valence-corrected chi connectivity index (χ4v) is 3.35. The summed E-state index contributed by atoms with van der Waals surface area (Å²) in [6, 6.07) is 25.0. The Kier molecular flexibility index (Phi) is 5.70. The maximum absolute atomic E-state index is 12.9. The zero-order valence-corrected chi connectivity index (χ0v) is 17.0. The van der Waals surface area contributed by atoms with E-state index in [4.69, 9.17) is 4.74 Å². The van der Waals surface area contributed by atoms with Crippen LogP contribution in [-0.4, -0.2) is 28.5 Å². The van der Waals surface area contributed by atoms with Crippen LogP contribution in [0.2, 0.25) is 0 Å². The van der Waals surface area contributed by atoms with E-state index in [9.17, 15) is 4.79 Å². The second-order valence-electron chi connectivity index (χ2n) is 6.95. The van der Waals surface area contributed by atoms with Crippen LogP contribution in [0.5, 0.6) is 5.75 Å². The van der Waals surface area contributed by atoms with Crippen molar-refractivity contribution >= 4 is 22.6 Å². The molecule has 1 heterocycles. The summed E-state index contributed by atoms with van der Waals surface area (Å²) < 4.78 is 5.91. The molecule has 0 bridgehead atoms. The van der Waals surface area contributed by atoms with Gasteiger partial charge in [0.05, 0.1) is 22.9 Å². The number of rotatable bonds is 6. The number of carbonyl (C=O) groups excluding carboxylic acids is 1. The van der Waals surface area contributed by atoms with Gasteiger partial charge in [-0.2, -0.15) is 0 Å². The number of para-hydroxylation sites is 3. The van der Waals surface area contributed by atoms with E-state index >= 15 is 0 Å². The molecule has 3 aromatic carbocycles. The first kappa shape index (κ1) is 19.6. The van der Waals surface area contributed by atoms with E-state index in [1.54, 1.807) is 18.0 Å². The second-order valence-corrected chi connectivity index (χ2v) is 6.95. The summed E-state index contributed by atoms with van der Waals surface area (Å²) >= 11 is 0. The van der Waals surface area contributed by atoms with Crippen molar-refractivity contribution in [1.29, 1.82) is 0 Å². The molecule has 0 saturated heterocycles. The summed E-state index contributed by atoms with van der Waals surface area (Å²) in [5.41, 5.74) is 4.33. The van der Waals surface area contributed by atoms with Gasteiger partial charge in [-0.05, 0) is 62.4 Å². The predicted octanol–water partition coefficient (Wildman–Crippen LogP) is 5.12. The molecule has 0 radical (unpaired) electrons. The van der Waals surface area contributed by atoms with Crippen LogP contribution in [0.1, 0.15) is 13.8 Å². The first-order valence-corrected chi connectivity index (χ1v) is 10.0. The molecule has 0 aliphatic heterocycles. The summed E-state index contributed by atoms with van der Waals surface area (Å²) in [7, 11) is 0. The van der Waals surface area contributed by atoms with Gasteiger partial charge in [-0.1, -0.05) is 30.3 Å². The Morgan fingerprint density at radius 1 is 0.933 bits per heavy atom. The van der Waals surface area contributed by atoms with Crippen LogP contribution < -0.4 is 9.64 Å². The average Bonchev–Trinajstić information content (AvgIpc) is 2.80. The van der Waals surface area contributed by atoms with Crippen LogP contribution in [0, 0.1) is 0 Å². The maximum atomic E-state index is 12.9. The fourth-order valence-electron chi connectivity index (χ4n) is 3.35. The molecule has 4 rings (SSSR count). The van der Waals surface area contributed by atoms with E-state index in [2.05, 4.69) is 9.97 Å². The van der Waals surface area contributed by atoms with E-state index in [-0.39, 0.29) is 5.91 Å². The minimum Gasteiger partial charge on any atom is -0.481 e. The number of anilines is 1. The smallest absolute Gasteiger partial charge is 0.267 e. The number of fused-ring (bicyclic) bond motifs is 1. The first-order chi connectivity index (χ1) is 14.7. The number of likely N-dealkylation sites (N-methyl/N-ethyl adjacent to an activating group) is 1. The highest BCUT2D eigenvalue weighted by Crippen LogP contribution is 2.23. The number of ether oxygens (including phenoxy) is 1. The van der Waals surface area contributed by atoms with Gasteiger partial charge in [-0.25, -0.2) is 4.98 Å². The molecule has 0 aliphatic carbocycles. The normalized spacial score (nSPS) is 11.8. The van der Waals surface area contributed by atoms with Crippen LogP contribution in [0.15, 0.2) is 85.1 Å². The van der Waals surface area contributed by atoms with E-state index in [1.807, 2.05) is 85.8 Å². The molecular weight excluding hydrogens is 374 g/mol. The van der Waals surface area contributed by atoms with E-state index in [1.165, 1.54) is 0 Å². The van der Waals surface area contributed by atoms with Crippen molar-refractivity contribution in [3.63, 3.8) is 0 Å². The summed E-state index contributed by atoms with van der Waals surface area (Å²) in [6.07, 6.45) is 1.17. The second kappa shape index (κ2) is 8.74. The molecule has 1 amide bonds. The molecule has 5 heteroatoms. The minimum atomic E-state index is -0.600. The topological polar surface area (TPSA) is 55.3 Å². The van der Waals surface area contributed by atoms with Gasteiger partial charge in [0.25, 0.3) is 5.91 Å². The Morgan fingerprint density at radius 3 is 2.30 bits per heavy atom. The molecule has 1 aromatic heterocycles. The van der Waals surface area contributed by atoms with Gasteiger partial charge in [-0.15, -0.1) is 0 Å². The zero-order chi connectivity index (χ0) is 20.9. The number of amides is 1. The van der Waals surface area contributed by atoms with Crippen molar-refractivity contribution in [3.8, 4) is 17.0 Å². The van der Waals surface area contributed by atoms with Crippen LogP contribution in [0.3, 0.4) is 0 Å². The Balaban J connectivity index is 1.47. The van der Waals surface area contributed by atoms with Crippen LogP contribution in [-0.2, 0) is 4.79 Å². The Morgan fingerprint density at radius 2 is 1.60 bits per heavy atom. The monoisotopic (exact) mass is 397 g/mol. The van der Waals surface area contributed by atoms with Gasteiger partial charge < -0.3 is 9.64 Å². The van der Waals surface area contributed by atoms with Crippen LogP contribution in [0.4, 0.5) is 5.69 Å². The molecule has 5 nitrogen and oxygen atoms in total. The molecule has 0 saturated carbocycles. The fraction of sp³-hybridized carbons (Fsp3) is 0.160. The number of carbonyl (C=O) groups is 1. The molecule has 4 aromatic rings. The Bertz CT molecular complexity index is 1140. The van der Waals surface area contributed by atoms with E-state index < -0.39 is 6.10 Å². The lowest BCUT2D eigenvalue weighted by Gasteiger charge is -2.25.